The normalized spacial score (nSPS) is 19.7. The van der Waals surface area contributed by atoms with Gasteiger partial charge in [0.1, 0.15) is 6.07 Å². The summed E-state index contributed by atoms with van der Waals surface area (Å²) in [5.41, 5.74) is 1.62. The third-order valence-corrected chi connectivity index (χ3v) is 4.22. The number of hydrogen-bond donors (Lipinski definition) is 1. The summed E-state index contributed by atoms with van der Waals surface area (Å²) in [5.74, 6) is 0. The van der Waals surface area contributed by atoms with Crippen LogP contribution in [0, 0.1) is 11.3 Å². The summed E-state index contributed by atoms with van der Waals surface area (Å²) >= 11 is 3.41. The largest absolute Gasteiger partial charge is 0.382 e. The molecule has 96 valence electrons. The predicted molar refractivity (Wildman–Crippen MR) is 77.6 cm³/mol. The molecule has 1 unspecified atom stereocenters. The van der Waals surface area contributed by atoms with Crippen LogP contribution in [0.5, 0.6) is 0 Å². The van der Waals surface area contributed by atoms with Crippen LogP contribution in [-0.2, 0) is 0 Å². The highest BCUT2D eigenvalue weighted by Gasteiger charge is 2.22. The van der Waals surface area contributed by atoms with Crippen molar-refractivity contribution in [2.75, 3.05) is 25.0 Å². The van der Waals surface area contributed by atoms with Gasteiger partial charge in [0.2, 0.25) is 0 Å². The molecule has 3 nitrogen and oxygen atoms in total. The lowest BCUT2D eigenvalue weighted by Crippen LogP contribution is -2.34. The summed E-state index contributed by atoms with van der Waals surface area (Å²) in [4.78, 5) is 2.50. The SMILES string of the molecule is CCN1CCCC1CNc1cccc(Br)c1C#N. The fourth-order valence-electron chi connectivity index (χ4n) is 2.56. The molecule has 1 fully saturated rings. The Morgan fingerprint density at radius 1 is 1.56 bits per heavy atom. The maximum absolute atomic E-state index is 9.16. The molecule has 0 saturated carbocycles. The highest BCUT2D eigenvalue weighted by Crippen LogP contribution is 2.24. The summed E-state index contributed by atoms with van der Waals surface area (Å²) in [5, 5.41) is 12.6. The van der Waals surface area contributed by atoms with Crippen molar-refractivity contribution in [3.8, 4) is 6.07 Å². The van der Waals surface area contributed by atoms with Gasteiger partial charge in [-0.2, -0.15) is 5.26 Å². The van der Waals surface area contributed by atoms with E-state index in [1.807, 2.05) is 18.2 Å². The fourth-order valence-corrected chi connectivity index (χ4v) is 3.01. The van der Waals surface area contributed by atoms with Gasteiger partial charge in [-0.3, -0.25) is 4.90 Å². The maximum atomic E-state index is 9.16. The molecule has 0 radical (unpaired) electrons. The number of nitriles is 1. The van der Waals surface area contributed by atoms with Gasteiger partial charge >= 0.3 is 0 Å². The number of nitrogens with zero attached hydrogens (tertiary/aromatic N) is 2. The number of hydrogen-bond acceptors (Lipinski definition) is 3. The summed E-state index contributed by atoms with van der Waals surface area (Å²) in [7, 11) is 0. The lowest BCUT2D eigenvalue weighted by Gasteiger charge is -2.23. The number of nitrogens with one attached hydrogen (secondary N) is 1. The van der Waals surface area contributed by atoms with Crippen LogP contribution in [0.4, 0.5) is 5.69 Å². The van der Waals surface area contributed by atoms with Crippen LogP contribution in [0.2, 0.25) is 0 Å². The van der Waals surface area contributed by atoms with E-state index >= 15 is 0 Å². The van der Waals surface area contributed by atoms with E-state index in [-0.39, 0.29) is 0 Å². The molecule has 0 aliphatic carbocycles. The van der Waals surface area contributed by atoms with E-state index in [4.69, 9.17) is 5.26 Å². The number of rotatable bonds is 4. The molecule has 1 atom stereocenters. The molecule has 1 aromatic rings. The standard InChI is InChI=1S/C14H18BrN3/c1-2-18-8-4-5-11(18)10-17-14-7-3-6-13(15)12(14)9-16/h3,6-7,11,17H,2,4-5,8,10H2,1H3. The third-order valence-electron chi connectivity index (χ3n) is 3.56. The molecule has 0 bridgehead atoms. The van der Waals surface area contributed by atoms with Crippen LogP contribution in [0.15, 0.2) is 22.7 Å². The summed E-state index contributed by atoms with van der Waals surface area (Å²) in [6.45, 7) is 5.43. The average Bonchev–Trinajstić information content (AvgIpc) is 2.83. The summed E-state index contributed by atoms with van der Waals surface area (Å²) in [6.07, 6.45) is 2.53. The Morgan fingerprint density at radius 3 is 3.11 bits per heavy atom. The van der Waals surface area contributed by atoms with E-state index in [9.17, 15) is 0 Å². The Bertz CT molecular complexity index is 453. The van der Waals surface area contributed by atoms with E-state index in [1.54, 1.807) is 0 Å². The smallest absolute Gasteiger partial charge is 0.103 e. The first-order chi connectivity index (χ1) is 8.76. The van der Waals surface area contributed by atoms with E-state index in [0.29, 0.717) is 11.6 Å². The highest BCUT2D eigenvalue weighted by molar-refractivity contribution is 9.10. The monoisotopic (exact) mass is 307 g/mol. The Labute approximate surface area is 117 Å². The predicted octanol–water partition coefficient (Wildman–Crippen LogP) is 3.22. The quantitative estimate of drug-likeness (QED) is 0.928. The van der Waals surface area contributed by atoms with E-state index < -0.39 is 0 Å². The molecular formula is C14H18BrN3. The van der Waals surface area contributed by atoms with Crippen LogP contribution >= 0.6 is 15.9 Å². The van der Waals surface area contributed by atoms with Crippen molar-refractivity contribution in [2.45, 2.75) is 25.8 Å². The molecule has 1 N–H and O–H groups in total. The van der Waals surface area contributed by atoms with E-state index in [2.05, 4.69) is 39.1 Å². The van der Waals surface area contributed by atoms with Crippen molar-refractivity contribution in [3.63, 3.8) is 0 Å². The molecular weight excluding hydrogens is 290 g/mol. The van der Waals surface area contributed by atoms with Crippen molar-refractivity contribution in [1.29, 1.82) is 5.26 Å². The summed E-state index contributed by atoms with van der Waals surface area (Å²) in [6, 6.07) is 8.66. The Morgan fingerprint density at radius 2 is 2.39 bits per heavy atom. The first-order valence-electron chi connectivity index (χ1n) is 6.42. The lowest BCUT2D eigenvalue weighted by atomic mass is 10.1. The van der Waals surface area contributed by atoms with Crippen molar-refractivity contribution in [2.24, 2.45) is 0 Å². The molecule has 1 aromatic carbocycles. The van der Waals surface area contributed by atoms with Crippen LogP contribution in [0.1, 0.15) is 25.3 Å². The van der Waals surface area contributed by atoms with Crippen molar-refractivity contribution in [3.05, 3.63) is 28.2 Å². The topological polar surface area (TPSA) is 39.1 Å². The van der Waals surface area contributed by atoms with Gasteiger partial charge in [0.15, 0.2) is 0 Å². The third kappa shape index (κ3) is 2.85. The van der Waals surface area contributed by atoms with Gasteiger partial charge in [0, 0.05) is 17.1 Å². The first kappa shape index (κ1) is 13.4. The van der Waals surface area contributed by atoms with Crippen LogP contribution in [0.25, 0.3) is 0 Å². The van der Waals surface area contributed by atoms with E-state index in [0.717, 1.165) is 23.2 Å². The number of likely N-dealkylation sites (N-methyl/N-ethyl adjacent to an activating group) is 1. The second-order valence-electron chi connectivity index (χ2n) is 4.58. The second kappa shape index (κ2) is 6.21. The minimum Gasteiger partial charge on any atom is -0.382 e. The molecule has 4 heteroatoms. The molecule has 1 aliphatic rings. The van der Waals surface area contributed by atoms with Crippen LogP contribution in [-0.4, -0.2) is 30.6 Å². The fraction of sp³-hybridized carbons (Fsp3) is 0.500. The molecule has 1 heterocycles. The van der Waals surface area contributed by atoms with Crippen molar-refractivity contribution in [1.82, 2.24) is 4.90 Å². The zero-order chi connectivity index (χ0) is 13.0. The Balaban J connectivity index is 2.02. The van der Waals surface area contributed by atoms with E-state index in [1.165, 1.54) is 19.4 Å². The number of anilines is 1. The molecule has 0 spiro atoms. The molecule has 2 rings (SSSR count). The van der Waals surface area contributed by atoms with Gasteiger partial charge in [-0.25, -0.2) is 0 Å². The molecule has 0 amide bonds. The first-order valence-corrected chi connectivity index (χ1v) is 7.22. The Hall–Kier alpha value is -1.05. The van der Waals surface area contributed by atoms with Gasteiger partial charge in [0.05, 0.1) is 11.3 Å². The van der Waals surface area contributed by atoms with Crippen molar-refractivity contribution >= 4 is 21.6 Å². The molecule has 1 aliphatic heterocycles. The van der Waals surface area contributed by atoms with Crippen LogP contribution < -0.4 is 5.32 Å². The zero-order valence-corrected chi connectivity index (χ0v) is 12.2. The minimum atomic E-state index is 0.598. The summed E-state index contributed by atoms with van der Waals surface area (Å²) < 4.78 is 0.855. The zero-order valence-electron chi connectivity index (χ0n) is 10.6. The van der Waals surface area contributed by atoms with Crippen LogP contribution in [0.3, 0.4) is 0 Å². The molecule has 0 aromatic heterocycles. The molecule has 1 saturated heterocycles. The van der Waals surface area contributed by atoms with Gasteiger partial charge in [-0.1, -0.05) is 13.0 Å². The highest BCUT2D eigenvalue weighted by atomic mass is 79.9. The molecule has 18 heavy (non-hydrogen) atoms. The van der Waals surface area contributed by atoms with Gasteiger partial charge in [-0.15, -0.1) is 0 Å². The van der Waals surface area contributed by atoms with Gasteiger partial charge < -0.3 is 5.32 Å². The Kier molecular flexibility index (Phi) is 4.62. The van der Waals surface area contributed by atoms with Crippen molar-refractivity contribution < 1.29 is 0 Å². The lowest BCUT2D eigenvalue weighted by molar-refractivity contribution is 0.277. The number of halogens is 1. The number of likely N-dealkylation sites (tertiary alicyclic amines) is 1. The number of benzene rings is 1. The average molecular weight is 308 g/mol. The second-order valence-corrected chi connectivity index (χ2v) is 5.43. The minimum absolute atomic E-state index is 0.598. The maximum Gasteiger partial charge on any atom is 0.103 e. The van der Waals surface area contributed by atoms with Gasteiger partial charge in [-0.05, 0) is 54.0 Å². The van der Waals surface area contributed by atoms with Gasteiger partial charge in [0.25, 0.3) is 0 Å².